The minimum atomic E-state index is -0.761. The van der Waals surface area contributed by atoms with Crippen molar-refractivity contribution in [2.24, 2.45) is 0 Å². The van der Waals surface area contributed by atoms with E-state index in [0.29, 0.717) is 35.5 Å². The summed E-state index contributed by atoms with van der Waals surface area (Å²) < 4.78 is 5.61. The molecule has 2 N–H and O–H groups in total. The Balaban J connectivity index is 2.19. The molecule has 0 radical (unpaired) electrons. The van der Waals surface area contributed by atoms with Crippen LogP contribution in [0.1, 0.15) is 52.8 Å². The number of aryl methyl sites for hydroxylation is 1. The highest BCUT2D eigenvalue weighted by Gasteiger charge is 2.46. The third-order valence-corrected chi connectivity index (χ3v) is 6.81. The van der Waals surface area contributed by atoms with E-state index in [9.17, 15) is 19.5 Å². The van der Waals surface area contributed by atoms with Crippen molar-refractivity contribution >= 4 is 39.3 Å². The average molecular weight is 532 g/mol. The standard InChI is InChI=1S/C25H30BrN3O5/c1-6-28(7-2)11-12-29-21(16-9-8-10-17(26)13-16)19(23(31)24(29)32)22(30)18-14(3)20(25(33)34-5)27-15(18)4/h8-10,13,21,27,30H,6-7,11-12H2,1-5H3/t21-/m0/s1. The third-order valence-electron chi connectivity index (χ3n) is 6.32. The number of nitrogens with zero attached hydrogens (tertiary/aromatic N) is 2. The number of hydrogen-bond donors (Lipinski definition) is 2. The van der Waals surface area contributed by atoms with Crippen molar-refractivity contribution in [1.29, 1.82) is 0 Å². The number of nitrogens with one attached hydrogen (secondary N) is 1. The number of aliphatic hydroxyl groups excluding tert-OH is 1. The third kappa shape index (κ3) is 4.67. The molecule has 182 valence electrons. The number of hydrogen-bond acceptors (Lipinski definition) is 6. The molecule has 1 aromatic carbocycles. The zero-order valence-corrected chi connectivity index (χ0v) is 21.7. The van der Waals surface area contributed by atoms with Crippen LogP contribution >= 0.6 is 15.9 Å². The summed E-state index contributed by atoms with van der Waals surface area (Å²) >= 11 is 3.46. The Bertz CT molecular complexity index is 1150. The lowest BCUT2D eigenvalue weighted by Crippen LogP contribution is -2.38. The Kier molecular flexibility index (Phi) is 7.99. The molecular weight excluding hydrogens is 502 g/mol. The number of amides is 1. The van der Waals surface area contributed by atoms with E-state index >= 15 is 0 Å². The molecule has 8 nitrogen and oxygen atoms in total. The first-order chi connectivity index (χ1) is 16.2. The lowest BCUT2D eigenvalue weighted by atomic mass is 9.94. The van der Waals surface area contributed by atoms with Crippen molar-refractivity contribution < 1.29 is 24.2 Å². The fourth-order valence-corrected chi connectivity index (χ4v) is 4.89. The topological polar surface area (TPSA) is 103 Å². The molecular formula is C25H30BrN3O5. The first kappa shape index (κ1) is 25.7. The molecule has 0 saturated carbocycles. The number of methoxy groups -OCH3 is 1. The van der Waals surface area contributed by atoms with Crippen LogP contribution in [0.15, 0.2) is 34.3 Å². The summed E-state index contributed by atoms with van der Waals surface area (Å²) in [7, 11) is 1.27. The lowest BCUT2D eigenvalue weighted by Gasteiger charge is -2.28. The fraction of sp³-hybridized carbons (Fsp3) is 0.400. The number of halogens is 1. The van der Waals surface area contributed by atoms with E-state index < -0.39 is 23.7 Å². The number of aromatic amines is 1. The van der Waals surface area contributed by atoms with Crippen LogP contribution in [0, 0.1) is 13.8 Å². The molecule has 1 atom stereocenters. The number of esters is 1. The van der Waals surface area contributed by atoms with E-state index in [1.165, 1.54) is 12.0 Å². The van der Waals surface area contributed by atoms with Gasteiger partial charge >= 0.3 is 5.97 Å². The van der Waals surface area contributed by atoms with Crippen molar-refractivity contribution in [2.45, 2.75) is 33.7 Å². The molecule has 3 rings (SSSR count). The average Bonchev–Trinajstić information content (AvgIpc) is 3.26. The minimum Gasteiger partial charge on any atom is -0.507 e. The molecule has 0 unspecified atom stereocenters. The molecule has 9 heteroatoms. The van der Waals surface area contributed by atoms with Gasteiger partial charge in [-0.2, -0.15) is 0 Å². The Morgan fingerprint density at radius 2 is 1.91 bits per heavy atom. The number of aliphatic hydroxyl groups is 1. The number of carbonyl (C=O) groups is 3. The van der Waals surface area contributed by atoms with Crippen molar-refractivity contribution in [3.8, 4) is 0 Å². The van der Waals surface area contributed by atoms with Crippen molar-refractivity contribution in [1.82, 2.24) is 14.8 Å². The zero-order valence-electron chi connectivity index (χ0n) is 20.1. The highest BCUT2D eigenvalue weighted by Crippen LogP contribution is 2.41. The summed E-state index contributed by atoms with van der Waals surface area (Å²) in [5, 5.41) is 11.4. The summed E-state index contributed by atoms with van der Waals surface area (Å²) in [5.74, 6) is -2.29. The monoisotopic (exact) mass is 531 g/mol. The van der Waals surface area contributed by atoms with Crippen molar-refractivity contribution in [2.75, 3.05) is 33.3 Å². The molecule has 2 heterocycles. The number of likely N-dealkylation sites (tertiary alicyclic amines) is 1. The second kappa shape index (κ2) is 10.6. The Morgan fingerprint density at radius 1 is 1.24 bits per heavy atom. The predicted molar refractivity (Wildman–Crippen MR) is 133 cm³/mol. The van der Waals surface area contributed by atoms with Gasteiger partial charge in [-0.05, 0) is 50.2 Å². The van der Waals surface area contributed by atoms with Gasteiger partial charge in [0, 0.05) is 28.8 Å². The van der Waals surface area contributed by atoms with Gasteiger partial charge in [0.25, 0.3) is 11.7 Å². The molecule has 1 aliphatic rings. The van der Waals surface area contributed by atoms with Crippen LogP contribution in [0.2, 0.25) is 0 Å². The van der Waals surface area contributed by atoms with E-state index in [2.05, 4.69) is 25.8 Å². The maximum Gasteiger partial charge on any atom is 0.354 e. The van der Waals surface area contributed by atoms with Crippen LogP contribution in [0.25, 0.3) is 5.76 Å². The summed E-state index contributed by atoms with van der Waals surface area (Å²) in [5.41, 5.74) is 2.17. The highest BCUT2D eigenvalue weighted by atomic mass is 79.9. The number of ketones is 1. The number of benzene rings is 1. The van der Waals surface area contributed by atoms with Gasteiger partial charge in [0.05, 0.1) is 18.7 Å². The van der Waals surface area contributed by atoms with Crippen LogP contribution in [-0.2, 0) is 14.3 Å². The second-order valence-corrected chi connectivity index (χ2v) is 9.11. The molecule has 0 bridgehead atoms. The van der Waals surface area contributed by atoms with Gasteiger partial charge in [-0.15, -0.1) is 0 Å². The van der Waals surface area contributed by atoms with Gasteiger partial charge in [-0.3, -0.25) is 9.59 Å². The number of carbonyl (C=O) groups excluding carboxylic acids is 3. The van der Waals surface area contributed by atoms with Gasteiger partial charge in [-0.1, -0.05) is 41.9 Å². The number of rotatable bonds is 8. The Labute approximate surface area is 207 Å². The molecule has 1 saturated heterocycles. The van der Waals surface area contributed by atoms with Crippen molar-refractivity contribution in [3.05, 3.63) is 62.4 Å². The molecule has 2 aromatic rings. The van der Waals surface area contributed by atoms with E-state index in [1.807, 2.05) is 38.1 Å². The molecule has 1 amide bonds. The largest absolute Gasteiger partial charge is 0.507 e. The first-order valence-corrected chi connectivity index (χ1v) is 12.0. The fourth-order valence-electron chi connectivity index (χ4n) is 4.47. The molecule has 1 fully saturated rings. The number of Topliss-reactive ketones (excluding diaryl/α,β-unsaturated/α-hetero) is 1. The van der Waals surface area contributed by atoms with E-state index in [1.54, 1.807) is 13.8 Å². The normalized spacial score (nSPS) is 17.6. The van der Waals surface area contributed by atoms with Crippen LogP contribution in [0.3, 0.4) is 0 Å². The van der Waals surface area contributed by atoms with Crippen molar-refractivity contribution in [3.63, 3.8) is 0 Å². The van der Waals surface area contributed by atoms with Crippen LogP contribution < -0.4 is 0 Å². The van der Waals surface area contributed by atoms with Crippen LogP contribution in [0.4, 0.5) is 0 Å². The van der Waals surface area contributed by atoms with Gasteiger partial charge in [0.2, 0.25) is 0 Å². The number of likely N-dealkylation sites (N-methyl/N-ethyl adjacent to an activating group) is 1. The molecule has 0 spiro atoms. The molecule has 1 aliphatic heterocycles. The first-order valence-electron chi connectivity index (χ1n) is 11.2. The maximum atomic E-state index is 13.3. The van der Waals surface area contributed by atoms with Gasteiger partial charge in [-0.25, -0.2) is 4.79 Å². The van der Waals surface area contributed by atoms with E-state index in [4.69, 9.17) is 4.74 Å². The number of aromatic nitrogens is 1. The van der Waals surface area contributed by atoms with Gasteiger partial charge in [0.1, 0.15) is 11.5 Å². The smallest absolute Gasteiger partial charge is 0.354 e. The van der Waals surface area contributed by atoms with Crippen LogP contribution in [-0.4, -0.2) is 70.8 Å². The summed E-state index contributed by atoms with van der Waals surface area (Å²) in [6.45, 7) is 10.0. The summed E-state index contributed by atoms with van der Waals surface area (Å²) in [4.78, 5) is 45.2. The Hall–Kier alpha value is -2.91. The van der Waals surface area contributed by atoms with Crippen LogP contribution in [0.5, 0.6) is 0 Å². The number of H-pyrrole nitrogens is 1. The second-order valence-electron chi connectivity index (χ2n) is 8.19. The minimum absolute atomic E-state index is 0.00395. The molecule has 0 aliphatic carbocycles. The van der Waals surface area contributed by atoms with Gasteiger partial charge in [0.15, 0.2) is 0 Å². The summed E-state index contributed by atoms with van der Waals surface area (Å²) in [6.07, 6.45) is 0. The lowest BCUT2D eigenvalue weighted by molar-refractivity contribution is -0.140. The Morgan fingerprint density at radius 3 is 2.50 bits per heavy atom. The maximum absolute atomic E-state index is 13.3. The molecule has 34 heavy (non-hydrogen) atoms. The zero-order chi connectivity index (χ0) is 25.2. The summed E-state index contributed by atoms with van der Waals surface area (Å²) in [6, 6.07) is 6.59. The quantitative estimate of drug-likeness (QED) is 0.231. The molecule has 1 aromatic heterocycles. The highest BCUT2D eigenvalue weighted by molar-refractivity contribution is 9.10. The van der Waals surface area contributed by atoms with E-state index in [-0.39, 0.29) is 17.0 Å². The number of ether oxygens (including phenoxy) is 1. The van der Waals surface area contributed by atoms with E-state index in [0.717, 1.165) is 17.6 Å². The predicted octanol–water partition coefficient (Wildman–Crippen LogP) is 3.94. The van der Waals surface area contributed by atoms with Gasteiger partial charge < -0.3 is 24.6 Å². The SMILES string of the molecule is CCN(CC)CCN1C(=O)C(=O)C(=C(O)c2c(C)[nH]c(C(=O)OC)c2C)[C@@H]1c1cccc(Br)c1.